The molecule has 35 heavy (non-hydrogen) atoms. The molecule has 9 heteroatoms. The normalized spacial score (nSPS) is 12.5. The van der Waals surface area contributed by atoms with E-state index in [0.717, 1.165) is 35.4 Å². The number of anilines is 1. The molecule has 1 aromatic carbocycles. The Morgan fingerprint density at radius 1 is 1.14 bits per heavy atom. The first-order valence-corrected chi connectivity index (χ1v) is 11.7. The van der Waals surface area contributed by atoms with Gasteiger partial charge in [0.25, 0.3) is 5.91 Å². The van der Waals surface area contributed by atoms with Crippen molar-refractivity contribution in [3.8, 4) is 11.1 Å². The summed E-state index contributed by atoms with van der Waals surface area (Å²) in [7, 11) is 0. The number of carbonyl (C=O) groups is 1. The van der Waals surface area contributed by atoms with Crippen molar-refractivity contribution in [2.45, 2.75) is 59.7 Å². The molecule has 2 heterocycles. The van der Waals surface area contributed by atoms with Crippen molar-refractivity contribution in [1.29, 1.82) is 0 Å². The van der Waals surface area contributed by atoms with Gasteiger partial charge in [-0.1, -0.05) is 36.7 Å². The summed E-state index contributed by atoms with van der Waals surface area (Å²) < 4.78 is 43.8. The lowest BCUT2D eigenvalue weighted by Gasteiger charge is -2.32. The highest BCUT2D eigenvalue weighted by Gasteiger charge is 2.31. The highest BCUT2D eigenvalue weighted by Crippen LogP contribution is 2.32. The maximum atomic E-state index is 13.9. The summed E-state index contributed by atoms with van der Waals surface area (Å²) in [5.74, 6) is 0.858. The fourth-order valence-corrected chi connectivity index (χ4v) is 4.13. The topological polar surface area (TPSA) is 71.3 Å². The summed E-state index contributed by atoms with van der Waals surface area (Å²) in [6.45, 7) is 10.5. The van der Waals surface area contributed by atoms with Crippen LogP contribution in [-0.4, -0.2) is 40.1 Å². The first-order valence-electron chi connectivity index (χ1n) is 11.7. The number of halogens is 3. The number of aromatic nitrogens is 2. The molecule has 0 fully saturated rings. The van der Waals surface area contributed by atoms with Crippen molar-refractivity contribution in [2.24, 2.45) is 0 Å². The maximum absolute atomic E-state index is 13.9. The number of benzene rings is 1. The maximum Gasteiger partial charge on any atom is 0.417 e. The molecule has 0 radical (unpaired) electrons. The van der Waals surface area contributed by atoms with Gasteiger partial charge < -0.3 is 14.7 Å². The average molecular weight is 489 g/mol. The van der Waals surface area contributed by atoms with Gasteiger partial charge in [-0.2, -0.15) is 13.2 Å². The van der Waals surface area contributed by atoms with E-state index in [2.05, 4.69) is 15.5 Å². The Morgan fingerprint density at radius 2 is 1.89 bits per heavy atom. The van der Waals surface area contributed by atoms with Crippen LogP contribution in [0.25, 0.3) is 11.1 Å². The minimum Gasteiger partial charge on any atom is -0.368 e. The summed E-state index contributed by atoms with van der Waals surface area (Å²) in [6, 6.07) is 7.86. The molecule has 0 aliphatic carbocycles. The van der Waals surface area contributed by atoms with Crippen LogP contribution < -0.4 is 5.32 Å². The van der Waals surface area contributed by atoms with Crippen LogP contribution in [0, 0.1) is 20.8 Å². The summed E-state index contributed by atoms with van der Waals surface area (Å²) in [6.07, 6.45) is -2.21. The van der Waals surface area contributed by atoms with Crippen LogP contribution in [0.4, 0.5) is 19.0 Å². The van der Waals surface area contributed by atoms with E-state index in [-0.39, 0.29) is 11.9 Å². The Labute approximate surface area is 203 Å². The smallest absolute Gasteiger partial charge is 0.368 e. The molecule has 1 N–H and O–H groups in total. The zero-order valence-corrected chi connectivity index (χ0v) is 20.7. The number of aryl methyl sites for hydroxylation is 3. The second kappa shape index (κ2) is 10.9. The van der Waals surface area contributed by atoms with Gasteiger partial charge in [-0.3, -0.25) is 4.79 Å². The molecular formula is C26H31F3N4O2. The molecule has 1 atom stereocenters. The van der Waals surface area contributed by atoms with E-state index in [1.165, 1.54) is 6.07 Å². The Balaban J connectivity index is 1.88. The van der Waals surface area contributed by atoms with Gasteiger partial charge in [-0.05, 0) is 57.4 Å². The van der Waals surface area contributed by atoms with Gasteiger partial charge >= 0.3 is 6.18 Å². The predicted molar refractivity (Wildman–Crippen MR) is 129 cm³/mol. The third-order valence-corrected chi connectivity index (χ3v) is 5.96. The molecule has 0 aliphatic heterocycles. The highest BCUT2D eigenvalue weighted by atomic mass is 19.4. The van der Waals surface area contributed by atoms with Crippen molar-refractivity contribution < 1.29 is 22.5 Å². The number of amides is 1. The average Bonchev–Trinajstić information content (AvgIpc) is 3.15. The van der Waals surface area contributed by atoms with Crippen LogP contribution in [0.3, 0.4) is 0 Å². The number of pyridine rings is 1. The Morgan fingerprint density at radius 3 is 2.43 bits per heavy atom. The van der Waals surface area contributed by atoms with Gasteiger partial charge in [0.1, 0.15) is 11.6 Å². The van der Waals surface area contributed by atoms with Crippen LogP contribution in [0.2, 0.25) is 0 Å². The lowest BCUT2D eigenvalue weighted by atomic mass is 9.95. The summed E-state index contributed by atoms with van der Waals surface area (Å²) in [5.41, 5.74) is 3.02. The van der Waals surface area contributed by atoms with Crippen LogP contribution in [0.15, 0.2) is 41.1 Å². The SMILES string of the molecule is CCCN(C(=O)c1cc(C)ccc1-c1c(C)noc1C)C(CC)CNc1ccc(C(F)(F)F)cn1. The molecule has 3 rings (SSSR count). The van der Waals surface area contributed by atoms with E-state index < -0.39 is 11.7 Å². The number of hydrogen-bond donors (Lipinski definition) is 1. The third kappa shape index (κ3) is 6.01. The van der Waals surface area contributed by atoms with E-state index in [1.807, 2.05) is 57.7 Å². The van der Waals surface area contributed by atoms with Crippen molar-refractivity contribution in [3.63, 3.8) is 0 Å². The molecule has 0 bridgehead atoms. The van der Waals surface area contributed by atoms with Gasteiger partial charge in [0, 0.05) is 36.5 Å². The molecule has 0 spiro atoms. The summed E-state index contributed by atoms with van der Waals surface area (Å²) in [4.78, 5) is 19.6. The Hall–Kier alpha value is -3.36. The lowest BCUT2D eigenvalue weighted by molar-refractivity contribution is -0.137. The zero-order valence-electron chi connectivity index (χ0n) is 20.7. The van der Waals surface area contributed by atoms with Gasteiger partial charge in [0.2, 0.25) is 0 Å². The van der Waals surface area contributed by atoms with Gasteiger partial charge in [-0.25, -0.2) is 4.98 Å². The number of carbonyl (C=O) groups excluding carboxylic acids is 1. The van der Waals surface area contributed by atoms with Crippen molar-refractivity contribution >= 4 is 11.7 Å². The standard InChI is InChI=1S/C26H31F3N4O2/c1-6-12-33(20(7-2)15-31-23-11-9-19(14-30-23)26(27,28)29)25(34)22-13-16(3)8-10-21(22)24-17(4)32-35-18(24)5/h8-11,13-14,20H,6-7,12,15H2,1-5H3,(H,30,31). The molecule has 188 valence electrons. The number of hydrogen-bond acceptors (Lipinski definition) is 5. The number of nitrogens with zero attached hydrogens (tertiary/aromatic N) is 3. The van der Waals surface area contributed by atoms with Gasteiger partial charge in [-0.15, -0.1) is 0 Å². The number of nitrogens with one attached hydrogen (secondary N) is 1. The second-order valence-electron chi connectivity index (χ2n) is 8.62. The third-order valence-electron chi connectivity index (χ3n) is 5.96. The van der Waals surface area contributed by atoms with Crippen molar-refractivity contribution in [1.82, 2.24) is 15.0 Å². The zero-order chi connectivity index (χ0) is 25.8. The molecule has 2 aromatic heterocycles. The van der Waals surface area contributed by atoms with Crippen molar-refractivity contribution in [3.05, 3.63) is 64.7 Å². The highest BCUT2D eigenvalue weighted by molar-refractivity contribution is 6.01. The molecule has 6 nitrogen and oxygen atoms in total. The van der Waals surface area contributed by atoms with Gasteiger partial charge in [0.05, 0.1) is 11.3 Å². The Bertz CT molecular complexity index is 1140. The summed E-state index contributed by atoms with van der Waals surface area (Å²) >= 11 is 0. The van der Waals surface area contributed by atoms with E-state index >= 15 is 0 Å². The first kappa shape index (κ1) is 26.2. The quantitative estimate of drug-likeness (QED) is 0.376. The first-order chi connectivity index (χ1) is 16.6. The molecular weight excluding hydrogens is 457 g/mol. The number of alkyl halides is 3. The minimum absolute atomic E-state index is 0.112. The van der Waals surface area contributed by atoms with E-state index in [1.54, 1.807) is 0 Å². The fraction of sp³-hybridized carbons (Fsp3) is 0.423. The predicted octanol–water partition coefficient (Wildman–Crippen LogP) is 6.42. The summed E-state index contributed by atoms with van der Waals surface area (Å²) in [5, 5.41) is 7.14. The van der Waals surface area contributed by atoms with E-state index in [0.29, 0.717) is 42.3 Å². The molecule has 3 aromatic rings. The number of rotatable bonds is 9. The molecule has 1 unspecified atom stereocenters. The molecule has 1 amide bonds. The molecule has 0 saturated carbocycles. The van der Waals surface area contributed by atoms with Crippen molar-refractivity contribution in [2.75, 3.05) is 18.4 Å². The lowest BCUT2D eigenvalue weighted by Crippen LogP contribution is -2.44. The molecule has 0 aliphatic rings. The largest absolute Gasteiger partial charge is 0.417 e. The fourth-order valence-electron chi connectivity index (χ4n) is 4.13. The second-order valence-corrected chi connectivity index (χ2v) is 8.62. The monoisotopic (exact) mass is 488 g/mol. The van der Waals surface area contributed by atoms with Crippen LogP contribution in [-0.2, 0) is 6.18 Å². The van der Waals surface area contributed by atoms with Crippen LogP contribution >= 0.6 is 0 Å². The molecule has 0 saturated heterocycles. The van der Waals surface area contributed by atoms with Gasteiger partial charge in [0.15, 0.2) is 0 Å². The minimum atomic E-state index is -4.44. The van der Waals surface area contributed by atoms with E-state index in [4.69, 9.17) is 4.52 Å². The van der Waals surface area contributed by atoms with Crippen LogP contribution in [0.1, 0.15) is 59.6 Å². The Kier molecular flexibility index (Phi) is 8.19. The van der Waals surface area contributed by atoms with E-state index in [9.17, 15) is 18.0 Å². The van der Waals surface area contributed by atoms with Crippen LogP contribution in [0.5, 0.6) is 0 Å².